The molecule has 4 rings (SSSR count). The van der Waals surface area contributed by atoms with Crippen LogP contribution in [-0.4, -0.2) is 46.5 Å². The number of imidazole rings is 1. The summed E-state index contributed by atoms with van der Waals surface area (Å²) in [4.78, 5) is 18.8. The number of carbonyl (C=O) groups is 1. The van der Waals surface area contributed by atoms with Gasteiger partial charge in [-0.2, -0.15) is 0 Å². The summed E-state index contributed by atoms with van der Waals surface area (Å²) in [6.45, 7) is 4.81. The quantitative estimate of drug-likeness (QED) is 0.941. The molecule has 0 saturated carbocycles. The Hall–Kier alpha value is -2.14. The molecular formula is C19H24N4O. The zero-order valence-corrected chi connectivity index (χ0v) is 13.9. The van der Waals surface area contributed by atoms with E-state index in [1.54, 1.807) is 12.5 Å². The van der Waals surface area contributed by atoms with Gasteiger partial charge in [-0.3, -0.25) is 4.79 Å². The first kappa shape index (κ1) is 15.4. The van der Waals surface area contributed by atoms with E-state index in [0.29, 0.717) is 5.41 Å². The number of nitrogens with zero attached hydrogens (tertiary/aromatic N) is 3. The van der Waals surface area contributed by atoms with Crippen molar-refractivity contribution in [2.24, 2.45) is 5.41 Å². The number of carbonyl (C=O) groups excluding carboxylic acids is 1. The predicted molar refractivity (Wildman–Crippen MR) is 92.8 cm³/mol. The second kappa shape index (κ2) is 6.40. The van der Waals surface area contributed by atoms with Crippen molar-refractivity contribution in [1.29, 1.82) is 0 Å². The molecular weight excluding hydrogens is 300 g/mol. The number of amides is 1. The second-order valence-corrected chi connectivity index (χ2v) is 7.15. The normalized spacial score (nSPS) is 19.8. The van der Waals surface area contributed by atoms with E-state index in [4.69, 9.17) is 0 Å². The SMILES string of the molecule is O=C(c1ccc(Cn2ccnc2)cc1)N1CCC2(CCNC2)CC1. The summed E-state index contributed by atoms with van der Waals surface area (Å²) in [5, 5.41) is 3.47. The molecule has 5 nitrogen and oxygen atoms in total. The molecule has 0 atom stereocenters. The Labute approximate surface area is 142 Å². The lowest BCUT2D eigenvalue weighted by molar-refractivity contribution is 0.0607. The summed E-state index contributed by atoms with van der Waals surface area (Å²) in [5.74, 6) is 0.171. The van der Waals surface area contributed by atoms with Crippen molar-refractivity contribution in [2.45, 2.75) is 25.8 Å². The molecule has 1 aromatic carbocycles. The van der Waals surface area contributed by atoms with Crippen LogP contribution in [0, 0.1) is 5.41 Å². The summed E-state index contributed by atoms with van der Waals surface area (Å²) >= 11 is 0. The molecule has 2 aliphatic heterocycles. The van der Waals surface area contributed by atoms with Crippen LogP contribution >= 0.6 is 0 Å². The Morgan fingerprint density at radius 3 is 2.58 bits per heavy atom. The first-order chi connectivity index (χ1) is 11.7. The van der Waals surface area contributed by atoms with E-state index < -0.39 is 0 Å². The van der Waals surface area contributed by atoms with Crippen LogP contribution in [-0.2, 0) is 6.54 Å². The maximum absolute atomic E-state index is 12.7. The minimum Gasteiger partial charge on any atom is -0.339 e. The average molecular weight is 324 g/mol. The van der Waals surface area contributed by atoms with Crippen LogP contribution in [0.3, 0.4) is 0 Å². The summed E-state index contributed by atoms with van der Waals surface area (Å²) < 4.78 is 2.02. The van der Waals surface area contributed by atoms with Gasteiger partial charge in [-0.1, -0.05) is 12.1 Å². The molecule has 2 aliphatic rings. The fraction of sp³-hybridized carbons (Fsp3) is 0.474. The highest BCUT2D eigenvalue weighted by molar-refractivity contribution is 5.94. The number of rotatable bonds is 3. The molecule has 5 heteroatoms. The van der Waals surface area contributed by atoms with Crippen molar-refractivity contribution >= 4 is 5.91 Å². The smallest absolute Gasteiger partial charge is 0.253 e. The minimum absolute atomic E-state index is 0.171. The highest BCUT2D eigenvalue weighted by atomic mass is 16.2. The largest absolute Gasteiger partial charge is 0.339 e. The van der Waals surface area contributed by atoms with Crippen LogP contribution in [0.5, 0.6) is 0 Å². The van der Waals surface area contributed by atoms with Crippen LogP contribution < -0.4 is 5.32 Å². The maximum Gasteiger partial charge on any atom is 0.253 e. The number of hydrogen-bond acceptors (Lipinski definition) is 3. The molecule has 1 aromatic heterocycles. The lowest BCUT2D eigenvalue weighted by Gasteiger charge is -2.38. The zero-order valence-electron chi connectivity index (χ0n) is 13.9. The van der Waals surface area contributed by atoms with Gasteiger partial charge in [0.25, 0.3) is 5.91 Å². The lowest BCUT2D eigenvalue weighted by atomic mass is 9.78. The molecule has 2 fully saturated rings. The molecule has 1 N–H and O–H groups in total. The maximum atomic E-state index is 12.7. The fourth-order valence-corrected chi connectivity index (χ4v) is 3.93. The molecule has 24 heavy (non-hydrogen) atoms. The van der Waals surface area contributed by atoms with Gasteiger partial charge in [0.15, 0.2) is 0 Å². The standard InChI is InChI=1S/C19H24N4O/c24-18(23-10-6-19(7-11-23)5-8-20-14-19)17-3-1-16(2-4-17)13-22-12-9-21-15-22/h1-4,9,12,15,20H,5-8,10-11,13-14H2. The third-order valence-electron chi connectivity index (χ3n) is 5.57. The van der Waals surface area contributed by atoms with Gasteiger partial charge >= 0.3 is 0 Å². The van der Waals surface area contributed by atoms with E-state index in [2.05, 4.69) is 10.3 Å². The van der Waals surface area contributed by atoms with Gasteiger partial charge in [0.2, 0.25) is 0 Å². The molecule has 0 bridgehead atoms. The van der Waals surface area contributed by atoms with E-state index in [0.717, 1.165) is 51.1 Å². The predicted octanol–water partition coefficient (Wildman–Crippen LogP) is 2.15. The van der Waals surface area contributed by atoms with Crippen molar-refractivity contribution in [2.75, 3.05) is 26.2 Å². The first-order valence-electron chi connectivity index (χ1n) is 8.79. The Balaban J connectivity index is 1.38. The number of aromatic nitrogens is 2. The molecule has 2 aromatic rings. The second-order valence-electron chi connectivity index (χ2n) is 7.15. The number of nitrogens with one attached hydrogen (secondary N) is 1. The van der Waals surface area contributed by atoms with E-state index in [-0.39, 0.29) is 5.91 Å². The van der Waals surface area contributed by atoms with Crippen molar-refractivity contribution in [3.05, 3.63) is 54.1 Å². The van der Waals surface area contributed by atoms with Gasteiger partial charge in [-0.15, -0.1) is 0 Å². The summed E-state index contributed by atoms with van der Waals surface area (Å²) in [6.07, 6.45) is 9.05. The van der Waals surface area contributed by atoms with Gasteiger partial charge < -0.3 is 14.8 Å². The Kier molecular flexibility index (Phi) is 4.10. The van der Waals surface area contributed by atoms with Crippen molar-refractivity contribution in [1.82, 2.24) is 19.8 Å². The van der Waals surface area contributed by atoms with Crippen LogP contribution in [0.2, 0.25) is 0 Å². The molecule has 126 valence electrons. The molecule has 0 unspecified atom stereocenters. The van der Waals surface area contributed by atoms with E-state index in [1.165, 1.54) is 12.0 Å². The summed E-state index contributed by atoms with van der Waals surface area (Å²) in [7, 11) is 0. The molecule has 1 spiro atoms. The molecule has 1 amide bonds. The number of piperidine rings is 1. The number of hydrogen-bond donors (Lipinski definition) is 1. The zero-order chi connectivity index (χ0) is 16.4. The monoisotopic (exact) mass is 324 g/mol. The van der Waals surface area contributed by atoms with Gasteiger partial charge in [-0.25, -0.2) is 4.98 Å². The first-order valence-corrected chi connectivity index (χ1v) is 8.79. The van der Waals surface area contributed by atoms with E-state index in [9.17, 15) is 4.79 Å². The van der Waals surface area contributed by atoms with Crippen molar-refractivity contribution in [3.63, 3.8) is 0 Å². The van der Waals surface area contributed by atoms with Crippen LogP contribution in [0.25, 0.3) is 0 Å². The minimum atomic E-state index is 0.171. The molecule has 0 radical (unpaired) electrons. The third-order valence-corrected chi connectivity index (χ3v) is 5.57. The summed E-state index contributed by atoms with van der Waals surface area (Å²) in [5.41, 5.74) is 2.43. The van der Waals surface area contributed by atoms with Gasteiger partial charge in [0.1, 0.15) is 0 Å². The van der Waals surface area contributed by atoms with E-state index >= 15 is 0 Å². The molecule has 3 heterocycles. The summed E-state index contributed by atoms with van der Waals surface area (Å²) in [6, 6.07) is 7.99. The lowest BCUT2D eigenvalue weighted by Crippen LogP contribution is -2.44. The highest BCUT2D eigenvalue weighted by Gasteiger charge is 2.38. The van der Waals surface area contributed by atoms with Crippen LogP contribution in [0.4, 0.5) is 0 Å². The van der Waals surface area contributed by atoms with Gasteiger partial charge in [-0.05, 0) is 48.9 Å². The Morgan fingerprint density at radius 1 is 1.17 bits per heavy atom. The van der Waals surface area contributed by atoms with Gasteiger partial charge in [0, 0.05) is 44.1 Å². The van der Waals surface area contributed by atoms with Crippen molar-refractivity contribution < 1.29 is 4.79 Å². The Morgan fingerprint density at radius 2 is 1.96 bits per heavy atom. The van der Waals surface area contributed by atoms with Crippen LogP contribution in [0.15, 0.2) is 43.0 Å². The van der Waals surface area contributed by atoms with Crippen LogP contribution in [0.1, 0.15) is 35.2 Å². The average Bonchev–Trinajstić information content (AvgIpc) is 3.28. The van der Waals surface area contributed by atoms with Gasteiger partial charge in [0.05, 0.1) is 6.33 Å². The number of benzene rings is 1. The van der Waals surface area contributed by atoms with E-state index in [1.807, 2.05) is 39.9 Å². The molecule has 2 saturated heterocycles. The fourth-order valence-electron chi connectivity index (χ4n) is 3.93. The Bertz CT molecular complexity index is 677. The van der Waals surface area contributed by atoms with Crippen molar-refractivity contribution in [3.8, 4) is 0 Å². The topological polar surface area (TPSA) is 50.2 Å². The highest BCUT2D eigenvalue weighted by Crippen LogP contribution is 2.37. The third kappa shape index (κ3) is 3.08. The molecule has 0 aliphatic carbocycles. The number of likely N-dealkylation sites (tertiary alicyclic amines) is 1.